The quantitative estimate of drug-likeness (QED) is 0.0889. The van der Waals surface area contributed by atoms with Gasteiger partial charge in [-0.3, -0.25) is 0 Å². The second-order valence-corrected chi connectivity index (χ2v) is 21.4. The third-order valence-electron chi connectivity index (χ3n) is 12.7. The fraction of sp³-hybridized carbons (Fsp3) is 0.529. The lowest BCUT2D eigenvalue weighted by molar-refractivity contribution is 0.111. The van der Waals surface area contributed by atoms with Crippen LogP contribution in [0.25, 0.3) is 0 Å². The maximum atomic E-state index is 2.70. The van der Waals surface area contributed by atoms with Crippen molar-refractivity contribution in [3.8, 4) is 0 Å². The Morgan fingerprint density at radius 2 is 0.491 bits per heavy atom. The van der Waals surface area contributed by atoms with E-state index in [1.807, 2.05) is 0 Å². The lowest BCUT2D eigenvalue weighted by Crippen LogP contribution is -2.52. The van der Waals surface area contributed by atoms with Gasteiger partial charge in [-0.05, 0) is 162 Å². The minimum Gasteiger partial charge on any atom is -0.0622 e. The highest BCUT2D eigenvalue weighted by molar-refractivity contribution is 7.74. The molecule has 2 atom stereocenters. The zero-order valence-corrected chi connectivity index (χ0v) is 38.1. The van der Waals surface area contributed by atoms with Gasteiger partial charge in [-0.1, -0.05) is 170 Å². The molecule has 4 aromatic carbocycles. The highest BCUT2D eigenvalue weighted by Crippen LogP contribution is 2.62. The molecule has 0 amide bonds. The fourth-order valence-corrected chi connectivity index (χ4v) is 17.2. The minimum atomic E-state index is -0.675. The van der Waals surface area contributed by atoms with E-state index in [2.05, 4.69) is 170 Å². The van der Waals surface area contributed by atoms with Gasteiger partial charge in [0.1, 0.15) is 0 Å². The monoisotopic (exact) mass is 749 g/mol. The first-order valence-corrected chi connectivity index (χ1v) is 24.3. The number of benzene rings is 4. The summed E-state index contributed by atoms with van der Waals surface area (Å²) in [4.78, 5) is 0. The van der Waals surface area contributed by atoms with E-state index in [9.17, 15) is 0 Å². The Morgan fingerprint density at radius 3 is 0.623 bits per heavy atom. The smallest absolute Gasteiger partial charge is 0.00895 e. The van der Waals surface area contributed by atoms with E-state index in [1.54, 1.807) is 21.2 Å². The summed E-state index contributed by atoms with van der Waals surface area (Å²) in [7, 11) is -1.35. The Labute approximate surface area is 329 Å². The van der Waals surface area contributed by atoms with Crippen LogP contribution in [0.4, 0.5) is 0 Å². The van der Waals surface area contributed by atoms with Gasteiger partial charge in [0, 0.05) is 0 Å². The number of aryl methyl sites for hydroxylation is 8. The summed E-state index contributed by atoms with van der Waals surface area (Å²) < 4.78 is 0. The number of rotatable bonds is 18. The van der Waals surface area contributed by atoms with Crippen LogP contribution in [0.3, 0.4) is 0 Å². The van der Waals surface area contributed by atoms with Crippen molar-refractivity contribution < 1.29 is 0 Å². The SMILES string of the molecule is CCc1cc(CC)cc(P(c2cc(CC)cc(CC)c2)C(C)C(C(C)C)(C(C)C)C(C)P(c2cc(CC)cc(CC)c2)c2cc(CC)cc(CC)c2)c1. The van der Waals surface area contributed by atoms with Gasteiger partial charge in [0.05, 0.1) is 0 Å². The molecule has 2 heteroatoms. The first-order valence-electron chi connectivity index (χ1n) is 21.4. The average molecular weight is 749 g/mol. The standard InChI is InChI=1S/C51H74P2/c1-15-39-23-40(16-2)28-47(27-39)52(48-29-41(17-3)24-42(18-4)30-48)37(13)51(35(9)10,36(11)12)38(14)53(49-31-43(19-5)25-44(20-6)32-49)50-33-45(21-7)26-46(22-8)34-50/h23-38H,15-22H2,1-14H3. The molecule has 2 unspecified atom stereocenters. The topological polar surface area (TPSA) is 0 Å². The molecule has 0 N–H and O–H groups in total. The van der Waals surface area contributed by atoms with Crippen LogP contribution >= 0.6 is 15.8 Å². The molecule has 0 bridgehead atoms. The molecular weight excluding hydrogens is 675 g/mol. The molecule has 0 aliphatic heterocycles. The lowest BCUT2D eigenvalue weighted by Gasteiger charge is -2.55. The molecule has 0 nitrogen and oxygen atoms in total. The van der Waals surface area contributed by atoms with Crippen molar-refractivity contribution in [3.05, 3.63) is 117 Å². The first-order chi connectivity index (χ1) is 25.3. The molecule has 4 rings (SSSR count). The summed E-state index contributed by atoms with van der Waals surface area (Å²) in [5.41, 5.74) is 12.9. The van der Waals surface area contributed by atoms with Crippen LogP contribution in [0.1, 0.15) is 141 Å². The van der Waals surface area contributed by atoms with Gasteiger partial charge >= 0.3 is 0 Å². The molecular formula is C51H74P2. The second-order valence-electron chi connectivity index (χ2n) is 16.3. The molecule has 0 fully saturated rings. The maximum absolute atomic E-state index is 2.70. The Hall–Kier alpha value is -2.26. The van der Waals surface area contributed by atoms with E-state index in [-0.39, 0.29) is 5.41 Å². The van der Waals surface area contributed by atoms with Crippen LogP contribution in [0.5, 0.6) is 0 Å². The molecule has 4 aromatic rings. The van der Waals surface area contributed by atoms with Crippen molar-refractivity contribution in [3.63, 3.8) is 0 Å². The highest BCUT2D eigenvalue weighted by Gasteiger charge is 2.52. The zero-order valence-electron chi connectivity index (χ0n) is 36.3. The van der Waals surface area contributed by atoms with E-state index in [1.165, 1.54) is 44.5 Å². The third kappa shape index (κ3) is 9.41. The molecule has 0 aliphatic rings. The average Bonchev–Trinajstić information content (AvgIpc) is 3.17. The summed E-state index contributed by atoms with van der Waals surface area (Å²) >= 11 is 0. The van der Waals surface area contributed by atoms with Crippen molar-refractivity contribution in [2.45, 2.75) is 160 Å². The van der Waals surface area contributed by atoms with Gasteiger partial charge in [-0.25, -0.2) is 0 Å². The molecule has 0 saturated heterocycles. The van der Waals surface area contributed by atoms with E-state index >= 15 is 0 Å². The maximum Gasteiger partial charge on any atom is -0.00895 e. The predicted molar refractivity (Wildman–Crippen MR) is 244 cm³/mol. The molecule has 0 aliphatic carbocycles. The van der Waals surface area contributed by atoms with Crippen molar-refractivity contribution >= 4 is 37.1 Å². The van der Waals surface area contributed by atoms with Gasteiger partial charge in [-0.15, -0.1) is 0 Å². The summed E-state index contributed by atoms with van der Waals surface area (Å²) in [5.74, 6) is 1.00. The summed E-state index contributed by atoms with van der Waals surface area (Å²) in [6, 6.07) is 30.8. The van der Waals surface area contributed by atoms with Gasteiger partial charge in [0.15, 0.2) is 0 Å². The second kappa shape index (κ2) is 19.6. The number of hydrogen-bond donors (Lipinski definition) is 0. The molecule has 53 heavy (non-hydrogen) atoms. The van der Waals surface area contributed by atoms with Crippen LogP contribution in [-0.2, 0) is 51.4 Å². The fourth-order valence-electron chi connectivity index (χ4n) is 9.75. The molecule has 0 spiro atoms. The van der Waals surface area contributed by atoms with Gasteiger partial charge in [0.25, 0.3) is 0 Å². The van der Waals surface area contributed by atoms with E-state index in [0.717, 1.165) is 51.4 Å². The molecule has 0 aromatic heterocycles. The van der Waals surface area contributed by atoms with Crippen LogP contribution in [-0.4, -0.2) is 11.3 Å². The van der Waals surface area contributed by atoms with E-state index < -0.39 is 15.8 Å². The lowest BCUT2D eigenvalue weighted by atomic mass is 9.64. The van der Waals surface area contributed by atoms with Gasteiger partial charge in [0.2, 0.25) is 0 Å². The number of hydrogen-bond acceptors (Lipinski definition) is 0. The van der Waals surface area contributed by atoms with Crippen LogP contribution < -0.4 is 21.2 Å². The summed E-state index contributed by atoms with van der Waals surface area (Å²) in [6.07, 6.45) is 8.63. The Bertz CT molecular complexity index is 1450. The first kappa shape index (κ1) is 43.5. The van der Waals surface area contributed by atoms with Gasteiger partial charge in [-0.2, -0.15) is 0 Å². The third-order valence-corrected chi connectivity index (χ3v) is 18.5. The van der Waals surface area contributed by atoms with Crippen molar-refractivity contribution in [2.75, 3.05) is 0 Å². The normalized spacial score (nSPS) is 13.5. The Balaban J connectivity index is 2.13. The molecule has 0 radical (unpaired) electrons. The van der Waals surface area contributed by atoms with E-state index in [0.29, 0.717) is 23.2 Å². The minimum absolute atomic E-state index is 0.0732. The summed E-state index contributed by atoms with van der Waals surface area (Å²) in [6.45, 7) is 34.4. The van der Waals surface area contributed by atoms with Gasteiger partial charge < -0.3 is 0 Å². The van der Waals surface area contributed by atoms with Crippen molar-refractivity contribution in [1.29, 1.82) is 0 Å². The predicted octanol–water partition coefficient (Wildman–Crippen LogP) is 12.8. The zero-order chi connectivity index (χ0) is 39.0. The molecule has 0 heterocycles. The van der Waals surface area contributed by atoms with Crippen LogP contribution in [0, 0.1) is 17.3 Å². The van der Waals surface area contributed by atoms with Crippen molar-refractivity contribution in [1.82, 2.24) is 0 Å². The Kier molecular flexibility index (Phi) is 16.0. The van der Waals surface area contributed by atoms with E-state index in [4.69, 9.17) is 0 Å². The van der Waals surface area contributed by atoms with Crippen molar-refractivity contribution in [2.24, 2.45) is 17.3 Å². The highest BCUT2D eigenvalue weighted by atomic mass is 31.1. The van der Waals surface area contributed by atoms with Crippen LogP contribution in [0.2, 0.25) is 0 Å². The van der Waals surface area contributed by atoms with Crippen LogP contribution in [0.15, 0.2) is 72.8 Å². The Morgan fingerprint density at radius 1 is 0.321 bits per heavy atom. The largest absolute Gasteiger partial charge is 0.0622 e. The molecule has 0 saturated carbocycles. The summed E-state index contributed by atoms with van der Waals surface area (Å²) in [5, 5.41) is 6.35. The molecule has 288 valence electrons.